The molecule has 0 aliphatic carbocycles. The molecule has 2 rings (SSSR count). The van der Waals surface area contributed by atoms with Gasteiger partial charge in [-0.3, -0.25) is 0 Å². The van der Waals surface area contributed by atoms with Crippen molar-refractivity contribution in [2.45, 2.75) is 19.5 Å². The van der Waals surface area contributed by atoms with E-state index in [4.69, 9.17) is 4.74 Å². The lowest BCUT2D eigenvalue weighted by molar-refractivity contribution is 0.373. The van der Waals surface area contributed by atoms with Crippen molar-refractivity contribution in [2.24, 2.45) is 0 Å². The highest BCUT2D eigenvalue weighted by molar-refractivity contribution is 5.41. The van der Waals surface area contributed by atoms with E-state index in [9.17, 15) is 9.50 Å². The summed E-state index contributed by atoms with van der Waals surface area (Å²) in [7, 11) is 1.51. The van der Waals surface area contributed by atoms with Crippen LogP contribution in [0.1, 0.15) is 24.1 Å². The summed E-state index contributed by atoms with van der Waals surface area (Å²) in [6.45, 7) is 2.44. The van der Waals surface area contributed by atoms with E-state index in [0.29, 0.717) is 17.9 Å². The molecule has 2 aromatic carbocycles. The largest absolute Gasteiger partial charge is 0.504 e. The van der Waals surface area contributed by atoms with E-state index < -0.39 is 0 Å². The first-order valence-electron chi connectivity index (χ1n) is 6.45. The lowest BCUT2D eigenvalue weighted by Crippen LogP contribution is -2.19. The number of benzene rings is 2. The summed E-state index contributed by atoms with van der Waals surface area (Å²) in [4.78, 5) is 0. The van der Waals surface area contributed by atoms with Crippen molar-refractivity contribution in [1.29, 1.82) is 0 Å². The van der Waals surface area contributed by atoms with Gasteiger partial charge in [-0.05, 0) is 30.7 Å². The van der Waals surface area contributed by atoms with Gasteiger partial charge in [-0.1, -0.05) is 24.3 Å². The molecule has 0 spiro atoms. The molecule has 0 fully saturated rings. The number of ether oxygens (including phenoxy) is 1. The van der Waals surface area contributed by atoms with Crippen LogP contribution in [0.15, 0.2) is 42.5 Å². The van der Waals surface area contributed by atoms with Crippen molar-refractivity contribution in [3.8, 4) is 11.5 Å². The average Bonchev–Trinajstić information content (AvgIpc) is 2.45. The average molecular weight is 275 g/mol. The molecule has 0 amide bonds. The van der Waals surface area contributed by atoms with Crippen LogP contribution in [0.4, 0.5) is 4.39 Å². The van der Waals surface area contributed by atoms with E-state index in [-0.39, 0.29) is 17.6 Å². The van der Waals surface area contributed by atoms with E-state index in [1.54, 1.807) is 24.3 Å². The van der Waals surface area contributed by atoms with Crippen LogP contribution >= 0.6 is 0 Å². The zero-order valence-corrected chi connectivity index (χ0v) is 11.6. The minimum Gasteiger partial charge on any atom is -0.504 e. The van der Waals surface area contributed by atoms with Crippen molar-refractivity contribution in [3.63, 3.8) is 0 Å². The van der Waals surface area contributed by atoms with Crippen LogP contribution in [-0.4, -0.2) is 12.2 Å². The molecule has 4 heteroatoms. The fourth-order valence-corrected chi connectivity index (χ4v) is 2.05. The van der Waals surface area contributed by atoms with Crippen LogP contribution in [0.3, 0.4) is 0 Å². The Bertz CT molecular complexity index is 586. The number of nitrogens with one attached hydrogen (secondary N) is 1. The lowest BCUT2D eigenvalue weighted by atomic mass is 10.1. The van der Waals surface area contributed by atoms with Crippen LogP contribution in [0.25, 0.3) is 0 Å². The number of methoxy groups -OCH3 is 1. The molecule has 0 aliphatic rings. The van der Waals surface area contributed by atoms with Crippen LogP contribution in [-0.2, 0) is 6.54 Å². The predicted molar refractivity (Wildman–Crippen MR) is 76.3 cm³/mol. The Balaban J connectivity index is 2.02. The van der Waals surface area contributed by atoms with E-state index in [2.05, 4.69) is 5.32 Å². The molecule has 0 saturated carbocycles. The maximum absolute atomic E-state index is 13.6. The number of hydrogen-bond donors (Lipinski definition) is 2. The van der Waals surface area contributed by atoms with Gasteiger partial charge in [0.1, 0.15) is 5.82 Å². The maximum Gasteiger partial charge on any atom is 0.160 e. The quantitative estimate of drug-likeness (QED) is 0.879. The lowest BCUT2D eigenvalue weighted by Gasteiger charge is -2.15. The highest BCUT2D eigenvalue weighted by Gasteiger charge is 2.10. The van der Waals surface area contributed by atoms with Gasteiger partial charge < -0.3 is 15.2 Å². The van der Waals surface area contributed by atoms with E-state index in [1.807, 2.05) is 19.1 Å². The third-order valence-electron chi connectivity index (χ3n) is 3.23. The van der Waals surface area contributed by atoms with Crippen molar-refractivity contribution in [1.82, 2.24) is 5.32 Å². The normalized spacial score (nSPS) is 12.2. The molecule has 1 atom stereocenters. The Kier molecular flexibility index (Phi) is 4.58. The van der Waals surface area contributed by atoms with E-state index in [1.165, 1.54) is 13.2 Å². The first kappa shape index (κ1) is 14.3. The van der Waals surface area contributed by atoms with Crippen LogP contribution in [0.5, 0.6) is 11.5 Å². The monoisotopic (exact) mass is 275 g/mol. The number of halogens is 1. The molecule has 20 heavy (non-hydrogen) atoms. The molecule has 0 radical (unpaired) electrons. The maximum atomic E-state index is 13.6. The second-order valence-electron chi connectivity index (χ2n) is 4.63. The van der Waals surface area contributed by atoms with Gasteiger partial charge >= 0.3 is 0 Å². The standard InChI is InChI=1S/C16H18FNO2/c1-11(13-5-3-4-6-14(13)17)18-10-12-7-8-16(20-2)15(19)9-12/h3-9,11,18-19H,10H2,1-2H3/t11-/m0/s1. The van der Waals surface area contributed by atoms with Gasteiger partial charge in [0.25, 0.3) is 0 Å². The number of phenols is 1. The highest BCUT2D eigenvalue weighted by Crippen LogP contribution is 2.26. The van der Waals surface area contributed by atoms with Gasteiger partial charge in [0.15, 0.2) is 11.5 Å². The number of rotatable bonds is 5. The SMILES string of the molecule is COc1ccc(CN[C@@H](C)c2ccccc2F)cc1O. The summed E-state index contributed by atoms with van der Waals surface area (Å²) in [6, 6.07) is 11.8. The van der Waals surface area contributed by atoms with Gasteiger partial charge in [0.05, 0.1) is 7.11 Å². The molecule has 0 heterocycles. The molecule has 3 nitrogen and oxygen atoms in total. The Labute approximate surface area is 118 Å². The van der Waals surface area contributed by atoms with Gasteiger partial charge in [0.2, 0.25) is 0 Å². The third-order valence-corrected chi connectivity index (χ3v) is 3.23. The van der Waals surface area contributed by atoms with Gasteiger partial charge in [-0.2, -0.15) is 0 Å². The fraction of sp³-hybridized carbons (Fsp3) is 0.250. The van der Waals surface area contributed by atoms with Gasteiger partial charge in [0, 0.05) is 18.2 Å². The van der Waals surface area contributed by atoms with Gasteiger partial charge in [-0.25, -0.2) is 4.39 Å². The van der Waals surface area contributed by atoms with Crippen LogP contribution in [0, 0.1) is 5.82 Å². The minimum atomic E-state index is -0.218. The van der Waals surface area contributed by atoms with Crippen molar-refractivity contribution in [2.75, 3.05) is 7.11 Å². The second kappa shape index (κ2) is 6.39. The molecule has 0 aliphatic heterocycles. The summed E-state index contributed by atoms with van der Waals surface area (Å²) >= 11 is 0. The molecule has 2 aromatic rings. The summed E-state index contributed by atoms with van der Waals surface area (Å²) in [6.07, 6.45) is 0. The van der Waals surface area contributed by atoms with Crippen LogP contribution in [0.2, 0.25) is 0 Å². The number of aromatic hydroxyl groups is 1. The number of phenolic OH excluding ortho intramolecular Hbond substituents is 1. The molecular formula is C16H18FNO2. The summed E-state index contributed by atoms with van der Waals surface area (Å²) in [5.41, 5.74) is 1.54. The molecule has 0 unspecified atom stereocenters. The summed E-state index contributed by atoms with van der Waals surface area (Å²) < 4.78 is 18.6. The Hall–Kier alpha value is -2.07. The molecule has 2 N–H and O–H groups in total. The topological polar surface area (TPSA) is 41.5 Å². The molecule has 0 aromatic heterocycles. The zero-order chi connectivity index (χ0) is 14.5. The predicted octanol–water partition coefficient (Wildman–Crippen LogP) is 3.39. The van der Waals surface area contributed by atoms with Crippen LogP contribution < -0.4 is 10.1 Å². The minimum absolute atomic E-state index is 0.102. The van der Waals surface area contributed by atoms with Crippen molar-refractivity contribution < 1.29 is 14.2 Å². The Morgan fingerprint density at radius 3 is 2.65 bits per heavy atom. The van der Waals surface area contributed by atoms with Gasteiger partial charge in [-0.15, -0.1) is 0 Å². The summed E-state index contributed by atoms with van der Waals surface area (Å²) in [5.74, 6) is 0.325. The number of hydrogen-bond acceptors (Lipinski definition) is 3. The Morgan fingerprint density at radius 1 is 1.25 bits per heavy atom. The molecular weight excluding hydrogens is 257 g/mol. The summed E-state index contributed by atoms with van der Waals surface area (Å²) in [5, 5.41) is 12.9. The second-order valence-corrected chi connectivity index (χ2v) is 4.63. The zero-order valence-electron chi connectivity index (χ0n) is 11.6. The van der Waals surface area contributed by atoms with E-state index in [0.717, 1.165) is 5.56 Å². The Morgan fingerprint density at radius 2 is 2.00 bits per heavy atom. The van der Waals surface area contributed by atoms with E-state index >= 15 is 0 Å². The fourth-order valence-electron chi connectivity index (χ4n) is 2.05. The molecule has 106 valence electrons. The van der Waals surface area contributed by atoms with Crippen molar-refractivity contribution >= 4 is 0 Å². The molecule has 0 saturated heterocycles. The first-order chi connectivity index (χ1) is 9.61. The highest BCUT2D eigenvalue weighted by atomic mass is 19.1. The molecule has 0 bridgehead atoms. The third kappa shape index (κ3) is 3.27. The smallest absolute Gasteiger partial charge is 0.160 e. The van der Waals surface area contributed by atoms with Crippen molar-refractivity contribution in [3.05, 3.63) is 59.4 Å². The first-order valence-corrected chi connectivity index (χ1v) is 6.45.